The van der Waals surface area contributed by atoms with Crippen LogP contribution in [0.15, 0.2) is 54.6 Å². The van der Waals surface area contributed by atoms with Crippen molar-refractivity contribution in [3.05, 3.63) is 71.3 Å². The fraction of sp³-hybridized carbons (Fsp3) is 0.480. The maximum absolute atomic E-state index is 13.0. The molecule has 1 fully saturated rings. The molecule has 28 heavy (non-hydrogen) atoms. The average molecular weight is 379 g/mol. The molecule has 3 heteroatoms. The van der Waals surface area contributed by atoms with Gasteiger partial charge in [0.15, 0.2) is 5.78 Å². The van der Waals surface area contributed by atoms with Crippen molar-refractivity contribution in [3.63, 3.8) is 0 Å². The molecule has 2 N–H and O–H groups in total. The molecule has 1 saturated heterocycles. The van der Waals surface area contributed by atoms with Gasteiger partial charge >= 0.3 is 0 Å². The van der Waals surface area contributed by atoms with Gasteiger partial charge in [0, 0.05) is 24.1 Å². The third kappa shape index (κ3) is 5.09. The largest absolute Gasteiger partial charge is 0.329 e. The van der Waals surface area contributed by atoms with Gasteiger partial charge in [-0.25, -0.2) is 0 Å². The van der Waals surface area contributed by atoms with E-state index in [9.17, 15) is 4.79 Å². The molecule has 3 rings (SSSR count). The summed E-state index contributed by atoms with van der Waals surface area (Å²) in [5.74, 6) is 0.430. The number of carbonyl (C=O) groups excluding carboxylic acids is 1. The highest BCUT2D eigenvalue weighted by molar-refractivity contribution is 5.98. The smallest absolute Gasteiger partial charge is 0.166 e. The third-order valence-electron chi connectivity index (χ3n) is 6.04. The van der Waals surface area contributed by atoms with Crippen molar-refractivity contribution in [2.75, 3.05) is 19.6 Å². The second kappa shape index (κ2) is 9.02. The number of hydrogen-bond acceptors (Lipinski definition) is 3. The van der Waals surface area contributed by atoms with Crippen LogP contribution in [0.4, 0.5) is 0 Å². The van der Waals surface area contributed by atoms with Crippen molar-refractivity contribution in [3.8, 4) is 0 Å². The molecule has 0 bridgehead atoms. The Morgan fingerprint density at radius 3 is 2.18 bits per heavy atom. The second-order valence-corrected chi connectivity index (χ2v) is 9.08. The summed E-state index contributed by atoms with van der Waals surface area (Å²) >= 11 is 0. The molecule has 150 valence electrons. The summed E-state index contributed by atoms with van der Waals surface area (Å²) in [6.07, 6.45) is 2.82. The molecule has 2 aromatic carbocycles. The lowest BCUT2D eigenvalue weighted by Crippen LogP contribution is -2.47. The number of carbonyl (C=O) groups is 1. The van der Waals surface area contributed by atoms with E-state index in [1.807, 2.05) is 18.2 Å². The lowest BCUT2D eigenvalue weighted by Gasteiger charge is -2.37. The van der Waals surface area contributed by atoms with E-state index in [-0.39, 0.29) is 11.3 Å². The van der Waals surface area contributed by atoms with E-state index >= 15 is 0 Å². The van der Waals surface area contributed by atoms with Crippen LogP contribution in [0.5, 0.6) is 0 Å². The number of nitrogens with two attached hydrogens (primary N) is 1. The van der Waals surface area contributed by atoms with Gasteiger partial charge < -0.3 is 5.73 Å². The molecule has 1 aliphatic heterocycles. The highest BCUT2D eigenvalue weighted by atomic mass is 16.1. The number of nitrogens with zero attached hydrogens (tertiary/aromatic N) is 1. The Balaban J connectivity index is 1.57. The summed E-state index contributed by atoms with van der Waals surface area (Å²) < 4.78 is 0. The Kier molecular flexibility index (Phi) is 6.69. The molecule has 0 saturated carbocycles. The normalized spacial score (nSPS) is 17.4. The first kappa shape index (κ1) is 20.8. The Labute approximate surface area is 169 Å². The molecule has 0 aliphatic carbocycles. The molecule has 1 aliphatic rings. The molecule has 1 unspecified atom stereocenters. The topological polar surface area (TPSA) is 46.3 Å². The molecule has 0 aromatic heterocycles. The minimum atomic E-state index is 0.114. The number of rotatable bonds is 6. The van der Waals surface area contributed by atoms with E-state index in [4.69, 9.17) is 5.73 Å². The number of benzene rings is 2. The van der Waals surface area contributed by atoms with E-state index in [0.29, 0.717) is 18.4 Å². The quantitative estimate of drug-likeness (QED) is 0.756. The first-order valence-corrected chi connectivity index (χ1v) is 10.5. The zero-order chi connectivity index (χ0) is 20.1. The molecule has 0 spiro atoms. The first-order chi connectivity index (χ1) is 13.4. The zero-order valence-electron chi connectivity index (χ0n) is 17.5. The highest BCUT2D eigenvalue weighted by Gasteiger charge is 2.29. The molecular formula is C25H34N2O. The van der Waals surface area contributed by atoms with Crippen LogP contribution in [-0.4, -0.2) is 36.4 Å². The van der Waals surface area contributed by atoms with Crippen LogP contribution in [0.25, 0.3) is 0 Å². The van der Waals surface area contributed by atoms with Crippen molar-refractivity contribution in [1.29, 1.82) is 0 Å². The minimum absolute atomic E-state index is 0.114. The summed E-state index contributed by atoms with van der Waals surface area (Å²) in [4.78, 5) is 15.4. The minimum Gasteiger partial charge on any atom is -0.329 e. The van der Waals surface area contributed by atoms with Crippen molar-refractivity contribution in [1.82, 2.24) is 4.90 Å². The SMILES string of the molecule is CC(C)(C)c1ccc(C(=O)C2CCN(C(CN)Cc3ccccc3)CC2)cc1. The standard InChI is InChI=1S/C25H34N2O/c1-25(2,3)22-11-9-20(10-12-22)24(28)21-13-15-27(16-14-21)23(18-26)17-19-7-5-4-6-8-19/h4-12,21,23H,13-18,26H2,1-3H3. The van der Waals surface area contributed by atoms with Crippen molar-refractivity contribution in [2.24, 2.45) is 11.7 Å². The summed E-state index contributed by atoms with van der Waals surface area (Å²) in [6.45, 7) is 9.15. The Morgan fingerprint density at radius 1 is 1.04 bits per heavy atom. The monoisotopic (exact) mass is 378 g/mol. The van der Waals surface area contributed by atoms with E-state index in [2.05, 4.69) is 62.1 Å². The Hall–Kier alpha value is -1.97. The van der Waals surface area contributed by atoms with E-state index in [1.165, 1.54) is 11.1 Å². The fourth-order valence-corrected chi connectivity index (χ4v) is 4.14. The van der Waals surface area contributed by atoms with E-state index < -0.39 is 0 Å². The number of likely N-dealkylation sites (tertiary alicyclic amines) is 1. The summed E-state index contributed by atoms with van der Waals surface area (Å²) in [7, 11) is 0. The summed E-state index contributed by atoms with van der Waals surface area (Å²) in [5.41, 5.74) is 9.64. The molecule has 1 atom stereocenters. The van der Waals surface area contributed by atoms with Gasteiger partial charge in [-0.15, -0.1) is 0 Å². The lowest BCUT2D eigenvalue weighted by molar-refractivity contribution is 0.0795. The molecule has 0 amide bonds. The van der Waals surface area contributed by atoms with Crippen LogP contribution >= 0.6 is 0 Å². The molecule has 3 nitrogen and oxygen atoms in total. The van der Waals surface area contributed by atoms with E-state index in [0.717, 1.165) is 37.9 Å². The third-order valence-corrected chi connectivity index (χ3v) is 6.04. The Bertz CT molecular complexity index is 753. The second-order valence-electron chi connectivity index (χ2n) is 9.08. The van der Waals surface area contributed by atoms with Crippen LogP contribution in [0, 0.1) is 5.92 Å². The van der Waals surface area contributed by atoms with E-state index in [1.54, 1.807) is 0 Å². The van der Waals surface area contributed by atoms with Crippen LogP contribution in [0.2, 0.25) is 0 Å². The number of Topliss-reactive ketones (excluding diaryl/α,β-unsaturated/α-hetero) is 1. The lowest BCUT2D eigenvalue weighted by atomic mass is 9.84. The highest BCUT2D eigenvalue weighted by Crippen LogP contribution is 2.26. The molecule has 2 aromatic rings. The average Bonchev–Trinajstić information content (AvgIpc) is 2.72. The van der Waals surface area contributed by atoms with Gasteiger partial charge in [0.1, 0.15) is 0 Å². The number of piperidine rings is 1. The van der Waals surface area contributed by atoms with Gasteiger partial charge in [-0.3, -0.25) is 9.69 Å². The number of hydrogen-bond donors (Lipinski definition) is 1. The molecule has 1 heterocycles. The number of ketones is 1. The van der Waals surface area contributed by atoms with Crippen LogP contribution < -0.4 is 5.73 Å². The maximum Gasteiger partial charge on any atom is 0.166 e. The van der Waals surface area contributed by atoms with Gasteiger partial charge in [0.05, 0.1) is 0 Å². The predicted molar refractivity (Wildman–Crippen MR) is 117 cm³/mol. The maximum atomic E-state index is 13.0. The van der Waals surface area contributed by atoms with Crippen molar-refractivity contribution in [2.45, 2.75) is 51.5 Å². The van der Waals surface area contributed by atoms with Gasteiger partial charge in [0.25, 0.3) is 0 Å². The van der Waals surface area contributed by atoms with Crippen LogP contribution in [0.1, 0.15) is 55.1 Å². The summed E-state index contributed by atoms with van der Waals surface area (Å²) in [5, 5.41) is 0. The van der Waals surface area contributed by atoms with Crippen LogP contribution in [0.3, 0.4) is 0 Å². The van der Waals surface area contributed by atoms with Crippen molar-refractivity contribution < 1.29 is 4.79 Å². The van der Waals surface area contributed by atoms with Crippen LogP contribution in [-0.2, 0) is 11.8 Å². The van der Waals surface area contributed by atoms with Gasteiger partial charge in [0.2, 0.25) is 0 Å². The molecular weight excluding hydrogens is 344 g/mol. The molecule has 0 radical (unpaired) electrons. The van der Waals surface area contributed by atoms with Gasteiger partial charge in [-0.2, -0.15) is 0 Å². The van der Waals surface area contributed by atoms with Gasteiger partial charge in [-0.1, -0.05) is 75.4 Å². The zero-order valence-corrected chi connectivity index (χ0v) is 17.5. The first-order valence-electron chi connectivity index (χ1n) is 10.5. The fourth-order valence-electron chi connectivity index (χ4n) is 4.14. The summed E-state index contributed by atoms with van der Waals surface area (Å²) in [6, 6.07) is 19.1. The Morgan fingerprint density at radius 2 is 1.64 bits per heavy atom. The van der Waals surface area contributed by atoms with Crippen molar-refractivity contribution >= 4 is 5.78 Å². The predicted octanol–water partition coefficient (Wildman–Crippen LogP) is 4.45. The van der Waals surface area contributed by atoms with Gasteiger partial charge in [-0.05, 0) is 48.9 Å².